The molecule has 1 fully saturated rings. The van der Waals surface area contributed by atoms with Crippen LogP contribution < -0.4 is 10.5 Å². The van der Waals surface area contributed by atoms with Gasteiger partial charge in [0.15, 0.2) is 0 Å². The Hall–Kier alpha value is -4.24. The van der Waals surface area contributed by atoms with Crippen LogP contribution >= 0.6 is 11.6 Å². The van der Waals surface area contributed by atoms with Crippen molar-refractivity contribution in [2.45, 2.75) is 18.9 Å². The number of fused-ring (bicyclic) bond motifs is 1. The number of aromatic nitrogens is 4. The number of carbonyl (C=O) groups excluding carboxylic acids is 2. The lowest BCUT2D eigenvalue weighted by atomic mass is 10.1. The molecule has 0 radical (unpaired) electrons. The molecule has 2 amide bonds. The summed E-state index contributed by atoms with van der Waals surface area (Å²) in [5.41, 5.74) is 7.96. The van der Waals surface area contributed by atoms with Crippen LogP contribution in [0.15, 0.2) is 67.8 Å². The van der Waals surface area contributed by atoms with E-state index in [2.05, 4.69) is 16.5 Å². The van der Waals surface area contributed by atoms with Crippen molar-refractivity contribution in [1.29, 1.82) is 0 Å². The van der Waals surface area contributed by atoms with Gasteiger partial charge in [-0.2, -0.15) is 5.10 Å². The Balaban J connectivity index is 1.49. The molecule has 5 rings (SSSR count). The Kier molecular flexibility index (Phi) is 6.39. The fraction of sp³-hybridized carbons (Fsp3) is 0.192. The monoisotopic (exact) mass is 502 g/mol. The minimum atomic E-state index is -0.618. The molecule has 1 saturated heterocycles. The lowest BCUT2D eigenvalue weighted by Gasteiger charge is -2.32. The van der Waals surface area contributed by atoms with E-state index in [1.54, 1.807) is 35.5 Å². The quantitative estimate of drug-likeness (QED) is 0.391. The molecule has 0 aliphatic carbocycles. The van der Waals surface area contributed by atoms with Gasteiger partial charge in [-0.25, -0.2) is 0 Å². The molecular formula is C26H23ClN6O3. The molecule has 4 heterocycles. The Morgan fingerprint density at radius 3 is 2.69 bits per heavy atom. The average Bonchev–Trinajstić information content (AvgIpc) is 3.30. The molecular weight excluding hydrogens is 480 g/mol. The summed E-state index contributed by atoms with van der Waals surface area (Å²) in [4.78, 5) is 33.9. The lowest BCUT2D eigenvalue weighted by Crippen LogP contribution is -2.40. The molecule has 9 nitrogen and oxygen atoms in total. The summed E-state index contributed by atoms with van der Waals surface area (Å²) in [7, 11) is 0. The second-order valence-electron chi connectivity index (χ2n) is 8.46. The minimum Gasteiger partial charge on any atom is -0.456 e. The van der Waals surface area contributed by atoms with Crippen LogP contribution in [-0.2, 0) is 4.79 Å². The van der Waals surface area contributed by atoms with Gasteiger partial charge in [-0.15, -0.1) is 0 Å². The standard InChI is InChI=1S/C26H23ClN6O3/c1-2-23(34)32-11-3-4-17(15-32)33-25-20(13-30-14-21(25)27)24(31-33)16-5-7-18(8-6-16)36-22-9-10-29-12-19(22)26(28)35/h2,5-10,12-14,17H,1,3-4,11,15H2,(H2,28,35). The van der Waals surface area contributed by atoms with Crippen LogP contribution in [0.3, 0.4) is 0 Å². The SMILES string of the molecule is C=CC(=O)N1CCCC(n2nc(-c3ccc(Oc4ccncc4C(N)=O)cc3)c3cncc(Cl)c32)C1. The molecule has 3 aromatic heterocycles. The van der Waals surface area contributed by atoms with Gasteiger partial charge in [-0.05, 0) is 49.2 Å². The summed E-state index contributed by atoms with van der Waals surface area (Å²) in [6, 6.07) is 8.88. The number of ether oxygens (including phenoxy) is 1. The summed E-state index contributed by atoms with van der Waals surface area (Å²) in [5, 5.41) is 6.24. The van der Waals surface area contributed by atoms with Gasteiger partial charge in [0.2, 0.25) is 5.91 Å². The van der Waals surface area contributed by atoms with Crippen molar-refractivity contribution in [3.8, 4) is 22.8 Å². The van der Waals surface area contributed by atoms with Crippen molar-refractivity contribution in [1.82, 2.24) is 24.6 Å². The van der Waals surface area contributed by atoms with E-state index in [0.717, 1.165) is 35.0 Å². The largest absolute Gasteiger partial charge is 0.456 e. The van der Waals surface area contributed by atoms with Gasteiger partial charge in [0.1, 0.15) is 22.8 Å². The highest BCUT2D eigenvalue weighted by atomic mass is 35.5. The van der Waals surface area contributed by atoms with Crippen molar-refractivity contribution >= 4 is 34.3 Å². The van der Waals surface area contributed by atoms with E-state index < -0.39 is 5.91 Å². The fourth-order valence-electron chi connectivity index (χ4n) is 4.47. The molecule has 1 aliphatic heterocycles. The molecule has 0 spiro atoms. The number of benzene rings is 1. The molecule has 4 aromatic rings. The first-order chi connectivity index (χ1) is 17.5. The fourth-order valence-corrected chi connectivity index (χ4v) is 4.72. The van der Waals surface area contributed by atoms with Gasteiger partial charge in [-0.3, -0.25) is 24.2 Å². The lowest BCUT2D eigenvalue weighted by molar-refractivity contribution is -0.127. The third-order valence-electron chi connectivity index (χ3n) is 6.20. The number of halogens is 1. The summed E-state index contributed by atoms with van der Waals surface area (Å²) in [6.45, 7) is 4.83. The maximum Gasteiger partial charge on any atom is 0.254 e. The zero-order valence-corrected chi connectivity index (χ0v) is 20.1. The van der Waals surface area contributed by atoms with Gasteiger partial charge in [-0.1, -0.05) is 18.2 Å². The number of rotatable bonds is 6. The molecule has 1 aromatic carbocycles. The number of likely N-dealkylation sites (tertiary alicyclic amines) is 1. The van der Waals surface area contributed by atoms with E-state index in [-0.39, 0.29) is 17.5 Å². The molecule has 0 bridgehead atoms. The predicted molar refractivity (Wildman–Crippen MR) is 136 cm³/mol. The summed E-state index contributed by atoms with van der Waals surface area (Å²) in [6.07, 6.45) is 9.32. The van der Waals surface area contributed by atoms with Crippen molar-refractivity contribution in [2.75, 3.05) is 13.1 Å². The number of amides is 2. The minimum absolute atomic E-state index is 0.0275. The van der Waals surface area contributed by atoms with E-state index in [1.807, 2.05) is 16.8 Å². The van der Waals surface area contributed by atoms with Crippen LogP contribution in [0.5, 0.6) is 11.5 Å². The Morgan fingerprint density at radius 1 is 1.14 bits per heavy atom. The molecule has 36 heavy (non-hydrogen) atoms. The Bertz CT molecular complexity index is 1470. The van der Waals surface area contributed by atoms with Gasteiger partial charge < -0.3 is 15.4 Å². The second-order valence-corrected chi connectivity index (χ2v) is 8.86. The van der Waals surface area contributed by atoms with Crippen LogP contribution in [0.25, 0.3) is 22.2 Å². The number of nitrogens with zero attached hydrogens (tertiary/aromatic N) is 5. The predicted octanol–water partition coefficient (Wildman–Crippen LogP) is 4.39. The van der Waals surface area contributed by atoms with Crippen molar-refractivity contribution in [2.24, 2.45) is 5.73 Å². The average molecular weight is 503 g/mol. The smallest absolute Gasteiger partial charge is 0.254 e. The van der Waals surface area contributed by atoms with Crippen LogP contribution in [0.1, 0.15) is 29.2 Å². The molecule has 0 saturated carbocycles. The number of nitrogens with two attached hydrogens (primary N) is 1. The number of hydrogen-bond acceptors (Lipinski definition) is 6. The number of carbonyl (C=O) groups is 2. The highest BCUT2D eigenvalue weighted by Gasteiger charge is 2.27. The second kappa shape index (κ2) is 9.79. The zero-order chi connectivity index (χ0) is 25.2. The van der Waals surface area contributed by atoms with E-state index in [0.29, 0.717) is 29.6 Å². The molecule has 1 aliphatic rings. The molecule has 1 atom stereocenters. The highest BCUT2D eigenvalue weighted by molar-refractivity contribution is 6.35. The van der Waals surface area contributed by atoms with Gasteiger partial charge in [0.25, 0.3) is 5.91 Å². The van der Waals surface area contributed by atoms with Gasteiger partial charge in [0.05, 0.1) is 16.6 Å². The number of primary amides is 1. The first kappa shape index (κ1) is 23.5. The van der Waals surface area contributed by atoms with Crippen LogP contribution in [0, 0.1) is 0 Å². The Morgan fingerprint density at radius 2 is 1.94 bits per heavy atom. The number of pyridine rings is 2. The topological polar surface area (TPSA) is 116 Å². The first-order valence-corrected chi connectivity index (χ1v) is 11.8. The van der Waals surface area contributed by atoms with E-state index in [9.17, 15) is 9.59 Å². The van der Waals surface area contributed by atoms with Crippen LogP contribution in [0.2, 0.25) is 5.02 Å². The highest BCUT2D eigenvalue weighted by Crippen LogP contribution is 2.36. The third kappa shape index (κ3) is 4.40. The number of hydrogen-bond donors (Lipinski definition) is 1. The van der Waals surface area contributed by atoms with Crippen molar-refractivity contribution < 1.29 is 14.3 Å². The summed E-state index contributed by atoms with van der Waals surface area (Å²) in [5.74, 6) is 0.144. The molecule has 182 valence electrons. The zero-order valence-electron chi connectivity index (χ0n) is 19.3. The van der Waals surface area contributed by atoms with Crippen LogP contribution in [0.4, 0.5) is 0 Å². The molecule has 10 heteroatoms. The van der Waals surface area contributed by atoms with E-state index in [1.165, 1.54) is 18.5 Å². The third-order valence-corrected chi connectivity index (χ3v) is 6.47. The normalized spacial score (nSPS) is 15.6. The first-order valence-electron chi connectivity index (χ1n) is 11.4. The van der Waals surface area contributed by atoms with Gasteiger partial charge >= 0.3 is 0 Å². The maximum atomic E-state index is 12.2. The summed E-state index contributed by atoms with van der Waals surface area (Å²) >= 11 is 6.58. The number of piperidine rings is 1. The summed E-state index contributed by atoms with van der Waals surface area (Å²) < 4.78 is 7.78. The van der Waals surface area contributed by atoms with Crippen molar-refractivity contribution in [3.63, 3.8) is 0 Å². The molecule has 1 unspecified atom stereocenters. The van der Waals surface area contributed by atoms with Crippen molar-refractivity contribution in [3.05, 3.63) is 78.4 Å². The van der Waals surface area contributed by atoms with E-state index in [4.69, 9.17) is 27.2 Å². The van der Waals surface area contributed by atoms with Gasteiger partial charge in [0, 0.05) is 48.8 Å². The molecule has 2 N–H and O–H groups in total. The maximum absolute atomic E-state index is 12.2. The van der Waals surface area contributed by atoms with E-state index >= 15 is 0 Å². The van der Waals surface area contributed by atoms with Crippen LogP contribution in [-0.4, -0.2) is 49.6 Å². The Labute approximate surface area is 212 Å².